The van der Waals surface area contributed by atoms with Gasteiger partial charge in [-0.2, -0.15) is 0 Å². The first-order chi connectivity index (χ1) is 9.70. The fourth-order valence-electron chi connectivity index (χ4n) is 1.69. The molecule has 0 atom stereocenters. The van der Waals surface area contributed by atoms with Gasteiger partial charge in [-0.3, -0.25) is 9.78 Å². The molecule has 3 N–H and O–H groups in total. The van der Waals surface area contributed by atoms with Crippen molar-refractivity contribution in [3.63, 3.8) is 0 Å². The summed E-state index contributed by atoms with van der Waals surface area (Å²) in [6.07, 6.45) is 3.12. The highest BCUT2D eigenvalue weighted by atomic mass is 16.1. The number of nitrogens with one attached hydrogen (secondary N) is 1. The average molecular weight is 265 g/mol. The van der Waals surface area contributed by atoms with Crippen molar-refractivity contribution in [1.82, 2.24) is 4.98 Å². The highest BCUT2D eigenvalue weighted by Crippen LogP contribution is 2.14. The summed E-state index contributed by atoms with van der Waals surface area (Å²) in [6, 6.07) is 9.30. The number of hydrogen-bond acceptors (Lipinski definition) is 3. The van der Waals surface area contributed by atoms with Gasteiger partial charge in [-0.25, -0.2) is 0 Å². The third kappa shape index (κ3) is 3.44. The van der Waals surface area contributed by atoms with E-state index in [1.807, 2.05) is 31.2 Å². The lowest BCUT2D eigenvalue weighted by molar-refractivity contribution is 0.102. The van der Waals surface area contributed by atoms with Crippen LogP contribution in [0.4, 0.5) is 5.69 Å². The molecular weight excluding hydrogens is 250 g/mol. The largest absolute Gasteiger partial charge is 0.322 e. The van der Waals surface area contributed by atoms with E-state index in [0.717, 1.165) is 11.3 Å². The highest BCUT2D eigenvalue weighted by molar-refractivity contribution is 6.04. The summed E-state index contributed by atoms with van der Waals surface area (Å²) in [4.78, 5) is 16.2. The number of aryl methyl sites for hydroxylation is 1. The molecule has 0 saturated heterocycles. The molecule has 1 amide bonds. The lowest BCUT2D eigenvalue weighted by Gasteiger charge is -2.07. The molecule has 0 aliphatic carbocycles. The maximum absolute atomic E-state index is 12.2. The Labute approximate surface area is 118 Å². The Morgan fingerprint density at radius 3 is 2.90 bits per heavy atom. The predicted octanol–water partition coefficient (Wildman–Crippen LogP) is 1.95. The van der Waals surface area contributed by atoms with Crippen molar-refractivity contribution in [2.24, 2.45) is 5.73 Å². The number of pyridine rings is 1. The van der Waals surface area contributed by atoms with E-state index in [1.54, 1.807) is 12.3 Å². The number of hydrogen-bond donors (Lipinski definition) is 2. The zero-order valence-electron chi connectivity index (χ0n) is 11.2. The molecule has 0 aliphatic rings. The van der Waals surface area contributed by atoms with Crippen LogP contribution < -0.4 is 11.1 Å². The molecule has 4 nitrogen and oxygen atoms in total. The van der Waals surface area contributed by atoms with Crippen molar-refractivity contribution in [2.45, 2.75) is 6.92 Å². The molecule has 0 radical (unpaired) electrons. The third-order valence-electron chi connectivity index (χ3n) is 2.73. The van der Waals surface area contributed by atoms with Gasteiger partial charge in [0.25, 0.3) is 5.91 Å². The lowest BCUT2D eigenvalue weighted by Crippen LogP contribution is -2.13. The minimum absolute atomic E-state index is 0.205. The number of carbonyl (C=O) groups excluding carboxylic acids is 1. The molecule has 0 unspecified atom stereocenters. The van der Waals surface area contributed by atoms with E-state index < -0.39 is 0 Å². The van der Waals surface area contributed by atoms with Crippen molar-refractivity contribution in [1.29, 1.82) is 0 Å². The number of amides is 1. The van der Waals surface area contributed by atoms with Crippen LogP contribution in [0.1, 0.15) is 21.5 Å². The first kappa shape index (κ1) is 13.8. The van der Waals surface area contributed by atoms with Gasteiger partial charge in [0.05, 0.1) is 12.1 Å². The summed E-state index contributed by atoms with van der Waals surface area (Å²) >= 11 is 0. The maximum Gasteiger partial charge on any atom is 0.257 e. The number of aromatic nitrogens is 1. The number of nitrogens with two attached hydrogens (primary N) is 1. The second-order valence-corrected chi connectivity index (χ2v) is 4.24. The van der Waals surface area contributed by atoms with Gasteiger partial charge in [0.15, 0.2) is 0 Å². The fraction of sp³-hybridized carbons (Fsp3) is 0.125. The molecule has 2 rings (SSSR count). The van der Waals surface area contributed by atoms with Crippen LogP contribution in [0.15, 0.2) is 42.7 Å². The number of carbonyl (C=O) groups is 1. The second-order valence-electron chi connectivity index (χ2n) is 4.24. The van der Waals surface area contributed by atoms with E-state index in [0.29, 0.717) is 11.1 Å². The van der Waals surface area contributed by atoms with Gasteiger partial charge in [-0.05, 0) is 24.6 Å². The van der Waals surface area contributed by atoms with Crippen LogP contribution in [0.2, 0.25) is 0 Å². The van der Waals surface area contributed by atoms with Crippen molar-refractivity contribution in [2.75, 3.05) is 11.9 Å². The van der Waals surface area contributed by atoms with Crippen molar-refractivity contribution in [3.05, 3.63) is 59.4 Å². The van der Waals surface area contributed by atoms with Crippen LogP contribution in [-0.2, 0) is 0 Å². The average Bonchev–Trinajstić information content (AvgIpc) is 2.48. The van der Waals surface area contributed by atoms with Crippen LogP contribution in [0.3, 0.4) is 0 Å². The Morgan fingerprint density at radius 2 is 2.15 bits per heavy atom. The summed E-state index contributed by atoms with van der Waals surface area (Å²) in [7, 11) is 0. The van der Waals surface area contributed by atoms with Crippen LogP contribution >= 0.6 is 0 Å². The minimum Gasteiger partial charge on any atom is -0.322 e. The van der Waals surface area contributed by atoms with Gasteiger partial charge >= 0.3 is 0 Å². The molecule has 100 valence electrons. The zero-order chi connectivity index (χ0) is 14.4. The van der Waals surface area contributed by atoms with Gasteiger partial charge < -0.3 is 11.1 Å². The Morgan fingerprint density at radius 1 is 1.35 bits per heavy atom. The summed E-state index contributed by atoms with van der Waals surface area (Å²) in [5, 5.41) is 2.86. The minimum atomic E-state index is -0.205. The summed E-state index contributed by atoms with van der Waals surface area (Å²) < 4.78 is 0. The van der Waals surface area contributed by atoms with Crippen LogP contribution in [0.25, 0.3) is 0 Å². The molecule has 2 aromatic rings. The summed E-state index contributed by atoms with van der Waals surface area (Å²) in [5.41, 5.74) is 8.26. The number of rotatable bonds is 2. The molecule has 1 aromatic heterocycles. The molecule has 0 saturated carbocycles. The topological polar surface area (TPSA) is 68.0 Å². The molecule has 1 aromatic carbocycles. The predicted molar refractivity (Wildman–Crippen MR) is 79.3 cm³/mol. The number of anilines is 1. The van der Waals surface area contributed by atoms with E-state index in [-0.39, 0.29) is 12.5 Å². The number of nitrogens with zero attached hydrogens (tertiary/aromatic N) is 1. The number of para-hydroxylation sites is 1. The summed E-state index contributed by atoms with van der Waals surface area (Å²) in [5.74, 6) is 5.39. The van der Waals surface area contributed by atoms with E-state index >= 15 is 0 Å². The van der Waals surface area contributed by atoms with Gasteiger partial charge in [0.1, 0.15) is 0 Å². The lowest BCUT2D eigenvalue weighted by atomic mass is 10.1. The third-order valence-corrected chi connectivity index (χ3v) is 2.73. The molecule has 0 spiro atoms. The maximum atomic E-state index is 12.2. The molecule has 4 heteroatoms. The SMILES string of the molecule is Cc1ccccc1NC(=O)c1cncc(C#CCN)c1. The smallest absolute Gasteiger partial charge is 0.257 e. The van der Waals surface area contributed by atoms with Gasteiger partial charge in [-0.1, -0.05) is 30.0 Å². The number of benzene rings is 1. The van der Waals surface area contributed by atoms with Gasteiger partial charge in [0, 0.05) is 23.6 Å². The van der Waals surface area contributed by atoms with E-state index in [9.17, 15) is 4.79 Å². The van der Waals surface area contributed by atoms with E-state index in [2.05, 4.69) is 22.1 Å². The van der Waals surface area contributed by atoms with Crippen LogP contribution in [0, 0.1) is 18.8 Å². The molecule has 0 aliphatic heterocycles. The Kier molecular flexibility index (Phi) is 4.48. The quantitative estimate of drug-likeness (QED) is 0.815. The van der Waals surface area contributed by atoms with E-state index in [4.69, 9.17) is 5.73 Å². The first-order valence-corrected chi connectivity index (χ1v) is 6.21. The molecule has 1 heterocycles. The van der Waals surface area contributed by atoms with Crippen molar-refractivity contribution in [3.8, 4) is 11.8 Å². The van der Waals surface area contributed by atoms with Crippen molar-refractivity contribution >= 4 is 11.6 Å². The standard InChI is InChI=1S/C16H15N3O/c1-12-5-2-3-7-15(12)19-16(20)14-9-13(6-4-8-17)10-18-11-14/h2-3,5,7,9-11H,8,17H2,1H3,(H,19,20). The normalized spacial score (nSPS) is 9.50. The zero-order valence-corrected chi connectivity index (χ0v) is 11.2. The summed E-state index contributed by atoms with van der Waals surface area (Å²) in [6.45, 7) is 2.22. The van der Waals surface area contributed by atoms with Gasteiger partial charge in [0.2, 0.25) is 0 Å². The Balaban J connectivity index is 2.19. The molecule has 0 fully saturated rings. The molecule has 20 heavy (non-hydrogen) atoms. The fourth-order valence-corrected chi connectivity index (χ4v) is 1.69. The van der Waals surface area contributed by atoms with Crippen LogP contribution in [0.5, 0.6) is 0 Å². The molecule has 0 bridgehead atoms. The second kappa shape index (κ2) is 6.50. The van der Waals surface area contributed by atoms with Crippen molar-refractivity contribution < 1.29 is 4.79 Å². The Bertz CT molecular complexity index is 683. The first-order valence-electron chi connectivity index (χ1n) is 6.21. The highest BCUT2D eigenvalue weighted by Gasteiger charge is 2.08. The van der Waals surface area contributed by atoms with E-state index in [1.165, 1.54) is 6.20 Å². The van der Waals surface area contributed by atoms with Crippen LogP contribution in [-0.4, -0.2) is 17.4 Å². The molecular formula is C16H15N3O. The Hall–Kier alpha value is -2.64. The van der Waals surface area contributed by atoms with Gasteiger partial charge in [-0.15, -0.1) is 0 Å². The monoisotopic (exact) mass is 265 g/mol.